The second kappa shape index (κ2) is 9.90. The summed E-state index contributed by atoms with van der Waals surface area (Å²) in [5, 5.41) is 7.86. The van der Waals surface area contributed by atoms with Crippen LogP contribution in [0.5, 0.6) is 0 Å². The van der Waals surface area contributed by atoms with Crippen molar-refractivity contribution in [2.75, 3.05) is 11.4 Å². The van der Waals surface area contributed by atoms with Crippen LogP contribution in [0.4, 0.5) is 11.4 Å². The maximum Gasteiger partial charge on any atom is 0.245 e. The fourth-order valence-electron chi connectivity index (χ4n) is 4.77. The number of carbonyl (C=O) groups excluding carboxylic acids is 1. The van der Waals surface area contributed by atoms with Gasteiger partial charge in [-0.25, -0.2) is 0 Å². The summed E-state index contributed by atoms with van der Waals surface area (Å²) in [6, 6.07) is 14.1. The van der Waals surface area contributed by atoms with Crippen molar-refractivity contribution >= 4 is 65.5 Å². The summed E-state index contributed by atoms with van der Waals surface area (Å²) in [4.78, 5) is 17.3. The number of carbonyl (C=O) groups is 1. The van der Waals surface area contributed by atoms with Gasteiger partial charge in [-0.1, -0.05) is 35.5 Å². The van der Waals surface area contributed by atoms with Crippen molar-refractivity contribution in [2.24, 2.45) is 0 Å². The molecular formula is C23H30Cl3N3OS. The zero-order chi connectivity index (χ0) is 20.8. The number of anilines is 2. The Morgan fingerprint density at radius 1 is 1.06 bits per heavy atom. The maximum atomic E-state index is 13.4. The molecule has 0 radical (unpaired) electrons. The monoisotopic (exact) mass is 501 g/mol. The molecular weight excluding hydrogens is 473 g/mol. The second-order valence-corrected chi connectivity index (χ2v) is 10.8. The van der Waals surface area contributed by atoms with Gasteiger partial charge >= 0.3 is 0 Å². The molecule has 0 aliphatic carbocycles. The quantitative estimate of drug-likeness (QED) is 0.523. The van der Waals surface area contributed by atoms with Crippen molar-refractivity contribution in [1.29, 1.82) is 0 Å². The van der Waals surface area contributed by atoms with Crippen LogP contribution >= 0.6 is 48.2 Å². The third kappa shape index (κ3) is 5.89. The minimum atomic E-state index is 0. The Morgan fingerprint density at radius 2 is 1.68 bits per heavy atom. The lowest BCUT2D eigenvalue weighted by molar-refractivity contribution is -0.117. The van der Waals surface area contributed by atoms with Gasteiger partial charge in [0, 0.05) is 31.9 Å². The molecule has 0 saturated carbocycles. The van der Waals surface area contributed by atoms with Gasteiger partial charge in [0.25, 0.3) is 0 Å². The number of para-hydroxylation sites is 1. The van der Waals surface area contributed by atoms with Crippen LogP contribution in [0.2, 0.25) is 5.02 Å². The number of rotatable bonds is 3. The van der Waals surface area contributed by atoms with Crippen molar-refractivity contribution in [2.45, 2.75) is 67.4 Å². The molecule has 1 fully saturated rings. The van der Waals surface area contributed by atoms with Gasteiger partial charge in [-0.2, -0.15) is 0 Å². The normalized spacial score (nSPS) is 18.8. The maximum absolute atomic E-state index is 13.4. The zero-order valence-corrected chi connectivity index (χ0v) is 21.4. The molecule has 4 nitrogen and oxygen atoms in total. The number of nitrogens with one attached hydrogen (secondary N) is 2. The molecule has 1 saturated heterocycles. The molecule has 4 rings (SSSR count). The van der Waals surface area contributed by atoms with E-state index >= 15 is 0 Å². The van der Waals surface area contributed by atoms with Gasteiger partial charge in [0.15, 0.2) is 0 Å². The highest BCUT2D eigenvalue weighted by atomic mass is 35.5. The molecule has 2 heterocycles. The summed E-state index contributed by atoms with van der Waals surface area (Å²) in [7, 11) is 0. The molecule has 2 aliphatic rings. The molecule has 0 atom stereocenters. The zero-order valence-electron chi connectivity index (χ0n) is 18.2. The first-order chi connectivity index (χ1) is 13.6. The Hall–Kier alpha value is -0.950. The third-order valence-corrected chi connectivity index (χ3v) is 6.83. The Labute approximate surface area is 206 Å². The average Bonchev–Trinajstić information content (AvgIpc) is 2.62. The number of amides is 1. The van der Waals surface area contributed by atoms with Gasteiger partial charge < -0.3 is 10.6 Å². The highest BCUT2D eigenvalue weighted by Gasteiger charge is 2.38. The minimum Gasteiger partial charge on any atom is -0.307 e. The first-order valence-corrected chi connectivity index (χ1v) is 11.3. The smallest absolute Gasteiger partial charge is 0.245 e. The predicted octanol–water partition coefficient (Wildman–Crippen LogP) is 6.21. The van der Waals surface area contributed by atoms with Crippen LogP contribution in [0.1, 0.15) is 40.5 Å². The Morgan fingerprint density at radius 3 is 2.35 bits per heavy atom. The molecule has 8 heteroatoms. The van der Waals surface area contributed by atoms with E-state index in [9.17, 15) is 4.79 Å². The van der Waals surface area contributed by atoms with Crippen LogP contribution < -0.4 is 15.5 Å². The van der Waals surface area contributed by atoms with Gasteiger partial charge in [0.05, 0.1) is 17.9 Å². The fourth-order valence-corrected chi connectivity index (χ4v) is 5.98. The fraction of sp³-hybridized carbons (Fsp3) is 0.435. The van der Waals surface area contributed by atoms with Gasteiger partial charge in [-0.15, -0.1) is 24.8 Å². The van der Waals surface area contributed by atoms with E-state index in [0.717, 1.165) is 34.0 Å². The Kier molecular flexibility index (Phi) is 8.40. The van der Waals surface area contributed by atoms with Crippen molar-refractivity contribution in [3.05, 3.63) is 47.5 Å². The molecule has 2 aromatic rings. The first kappa shape index (κ1) is 26.3. The van der Waals surface area contributed by atoms with Gasteiger partial charge in [0.1, 0.15) is 0 Å². The lowest BCUT2D eigenvalue weighted by Gasteiger charge is -2.46. The molecule has 1 amide bonds. The number of hydrogen-bond acceptors (Lipinski definition) is 4. The molecule has 0 unspecified atom stereocenters. The minimum absolute atomic E-state index is 0. The van der Waals surface area contributed by atoms with E-state index in [1.165, 1.54) is 0 Å². The largest absolute Gasteiger partial charge is 0.307 e. The summed E-state index contributed by atoms with van der Waals surface area (Å²) >= 11 is 7.94. The van der Waals surface area contributed by atoms with E-state index in [-0.39, 0.29) is 41.8 Å². The molecule has 2 N–H and O–H groups in total. The first-order valence-electron chi connectivity index (χ1n) is 10.1. The lowest BCUT2D eigenvalue weighted by atomic mass is 9.79. The molecule has 2 aliphatic heterocycles. The standard InChI is InChI=1S/C23H28ClN3OS.2ClH/c1-22(2)12-16(13-23(3,4)26-22)25-14-21(28)27-17-7-5-6-8-19(17)29-20-10-9-15(24)11-18(20)27;;/h5-11,16,25-26H,12-14H2,1-4H3;2*1H. The predicted molar refractivity (Wildman–Crippen MR) is 136 cm³/mol. The van der Waals surface area contributed by atoms with E-state index in [4.69, 9.17) is 11.6 Å². The van der Waals surface area contributed by atoms with E-state index in [2.05, 4.69) is 44.4 Å². The Balaban J connectivity index is 0.00000171. The van der Waals surface area contributed by atoms with Crippen LogP contribution in [-0.4, -0.2) is 29.6 Å². The lowest BCUT2D eigenvalue weighted by Crippen LogP contribution is -2.62. The summed E-state index contributed by atoms with van der Waals surface area (Å²) in [6.07, 6.45) is 1.97. The summed E-state index contributed by atoms with van der Waals surface area (Å²) in [6.45, 7) is 9.19. The van der Waals surface area contributed by atoms with Crippen LogP contribution in [0.3, 0.4) is 0 Å². The number of halogens is 3. The van der Waals surface area contributed by atoms with Crippen molar-refractivity contribution < 1.29 is 4.79 Å². The highest BCUT2D eigenvalue weighted by Crippen LogP contribution is 2.48. The highest BCUT2D eigenvalue weighted by molar-refractivity contribution is 7.99. The number of fused-ring (bicyclic) bond motifs is 2. The van der Waals surface area contributed by atoms with E-state index in [1.54, 1.807) is 11.8 Å². The van der Waals surface area contributed by atoms with Gasteiger partial charge in [-0.3, -0.25) is 9.69 Å². The molecule has 0 spiro atoms. The second-order valence-electron chi connectivity index (χ2n) is 9.29. The van der Waals surface area contributed by atoms with Crippen LogP contribution in [-0.2, 0) is 4.79 Å². The van der Waals surface area contributed by atoms with Gasteiger partial charge in [0.2, 0.25) is 5.91 Å². The molecule has 0 bridgehead atoms. The van der Waals surface area contributed by atoms with E-state index in [0.29, 0.717) is 17.6 Å². The average molecular weight is 503 g/mol. The number of benzene rings is 2. The van der Waals surface area contributed by atoms with Crippen LogP contribution in [0.25, 0.3) is 0 Å². The van der Waals surface area contributed by atoms with Crippen molar-refractivity contribution in [1.82, 2.24) is 10.6 Å². The molecule has 2 aromatic carbocycles. The SMILES string of the molecule is CC1(C)CC(NCC(=O)N2c3ccccc3Sc3ccc(Cl)cc32)CC(C)(C)N1.Cl.Cl. The van der Waals surface area contributed by atoms with Crippen LogP contribution in [0.15, 0.2) is 52.3 Å². The summed E-state index contributed by atoms with van der Waals surface area (Å²) in [5.74, 6) is 0.0374. The molecule has 31 heavy (non-hydrogen) atoms. The third-order valence-electron chi connectivity index (χ3n) is 5.47. The number of piperidine rings is 1. The van der Waals surface area contributed by atoms with Crippen molar-refractivity contribution in [3.8, 4) is 0 Å². The van der Waals surface area contributed by atoms with E-state index in [1.807, 2.05) is 41.3 Å². The summed E-state index contributed by atoms with van der Waals surface area (Å²) in [5.41, 5.74) is 1.86. The van der Waals surface area contributed by atoms with Crippen LogP contribution in [0, 0.1) is 0 Å². The van der Waals surface area contributed by atoms with Crippen molar-refractivity contribution in [3.63, 3.8) is 0 Å². The summed E-state index contributed by atoms with van der Waals surface area (Å²) < 4.78 is 0. The topological polar surface area (TPSA) is 44.4 Å². The number of nitrogens with zero attached hydrogens (tertiary/aromatic N) is 1. The Bertz CT molecular complexity index is 935. The number of hydrogen-bond donors (Lipinski definition) is 2. The molecule has 170 valence electrons. The van der Waals surface area contributed by atoms with E-state index < -0.39 is 0 Å². The molecule has 0 aromatic heterocycles. The van der Waals surface area contributed by atoms with Gasteiger partial charge in [-0.05, 0) is 70.9 Å².